The number of piperidine rings is 1. The number of carbonyl (C=O) groups excluding carboxylic acids is 1. The zero-order valence-electron chi connectivity index (χ0n) is 11.5. The summed E-state index contributed by atoms with van der Waals surface area (Å²) in [5, 5.41) is 0. The largest absolute Gasteiger partial charge is 0.416 e. The minimum Gasteiger partial charge on any atom is -0.368 e. The molecule has 2 rings (SSSR count). The summed E-state index contributed by atoms with van der Waals surface area (Å²) in [4.78, 5) is 11.1. The van der Waals surface area contributed by atoms with E-state index in [1.807, 2.05) is 0 Å². The van der Waals surface area contributed by atoms with Gasteiger partial charge in [-0.2, -0.15) is 17.5 Å². The van der Waals surface area contributed by atoms with Crippen molar-refractivity contribution in [2.75, 3.05) is 6.54 Å². The molecule has 1 heterocycles. The van der Waals surface area contributed by atoms with Gasteiger partial charge in [0.15, 0.2) is 0 Å². The van der Waals surface area contributed by atoms with E-state index >= 15 is 0 Å². The summed E-state index contributed by atoms with van der Waals surface area (Å²) in [6.07, 6.45) is -2.98. The molecular formula is C13H15F3N2O3S. The number of nitrogens with two attached hydrogens (primary N) is 1. The molecule has 1 fully saturated rings. The van der Waals surface area contributed by atoms with Crippen molar-refractivity contribution in [3.63, 3.8) is 0 Å². The van der Waals surface area contributed by atoms with Crippen LogP contribution in [0.15, 0.2) is 29.2 Å². The second-order valence-electron chi connectivity index (χ2n) is 5.05. The van der Waals surface area contributed by atoms with Crippen LogP contribution in [-0.2, 0) is 21.0 Å². The van der Waals surface area contributed by atoms with Crippen molar-refractivity contribution in [3.8, 4) is 0 Å². The van der Waals surface area contributed by atoms with Crippen LogP contribution in [0, 0.1) is 0 Å². The molecule has 22 heavy (non-hydrogen) atoms. The monoisotopic (exact) mass is 336 g/mol. The van der Waals surface area contributed by atoms with Gasteiger partial charge in [-0.3, -0.25) is 4.79 Å². The summed E-state index contributed by atoms with van der Waals surface area (Å²) in [5.74, 6) is -0.754. The Labute approximate surface area is 125 Å². The van der Waals surface area contributed by atoms with Gasteiger partial charge in [0.2, 0.25) is 15.9 Å². The molecule has 1 aromatic rings. The van der Waals surface area contributed by atoms with Gasteiger partial charge >= 0.3 is 6.18 Å². The molecule has 1 unspecified atom stereocenters. The lowest BCUT2D eigenvalue weighted by Gasteiger charge is -2.32. The van der Waals surface area contributed by atoms with Crippen LogP contribution < -0.4 is 5.73 Å². The quantitative estimate of drug-likeness (QED) is 0.913. The summed E-state index contributed by atoms with van der Waals surface area (Å²) in [6, 6.07) is 2.24. The zero-order chi connectivity index (χ0) is 16.5. The van der Waals surface area contributed by atoms with E-state index < -0.39 is 33.7 Å². The number of carbonyl (C=O) groups is 1. The molecule has 0 radical (unpaired) electrons. The fourth-order valence-corrected chi connectivity index (χ4v) is 4.09. The van der Waals surface area contributed by atoms with E-state index in [9.17, 15) is 26.4 Å². The normalized spacial score (nSPS) is 20.8. The van der Waals surface area contributed by atoms with Crippen molar-refractivity contribution in [1.82, 2.24) is 4.31 Å². The van der Waals surface area contributed by atoms with Crippen LogP contribution >= 0.6 is 0 Å². The molecule has 0 spiro atoms. The van der Waals surface area contributed by atoms with Crippen molar-refractivity contribution < 1.29 is 26.4 Å². The first-order valence-electron chi connectivity index (χ1n) is 6.62. The average Bonchev–Trinajstić information content (AvgIpc) is 2.46. The van der Waals surface area contributed by atoms with Crippen molar-refractivity contribution in [1.29, 1.82) is 0 Å². The molecule has 1 saturated heterocycles. The Hall–Kier alpha value is -1.61. The predicted molar refractivity (Wildman–Crippen MR) is 72.2 cm³/mol. The maximum absolute atomic E-state index is 12.5. The number of nitrogens with zero attached hydrogens (tertiary/aromatic N) is 1. The Balaban J connectivity index is 2.35. The van der Waals surface area contributed by atoms with E-state index in [2.05, 4.69) is 0 Å². The highest BCUT2D eigenvalue weighted by molar-refractivity contribution is 7.89. The number of hydrogen-bond acceptors (Lipinski definition) is 3. The first-order valence-corrected chi connectivity index (χ1v) is 8.06. The van der Waals surface area contributed by atoms with Gasteiger partial charge in [-0.1, -0.05) is 6.42 Å². The average molecular weight is 336 g/mol. The van der Waals surface area contributed by atoms with E-state index in [0.29, 0.717) is 31.4 Å². The standard InChI is InChI=1S/C13H15F3N2O3S/c14-13(15,16)9-4-6-10(7-5-9)22(20,21)18-8-2-1-3-11(18)12(17)19/h4-7,11H,1-3,8H2,(H2,17,19). The zero-order valence-corrected chi connectivity index (χ0v) is 12.3. The SMILES string of the molecule is NC(=O)C1CCCCN1S(=O)(=O)c1ccc(C(F)(F)F)cc1. The summed E-state index contributed by atoms with van der Waals surface area (Å²) in [5.41, 5.74) is 4.29. The number of amides is 1. The highest BCUT2D eigenvalue weighted by atomic mass is 32.2. The minimum absolute atomic E-state index is 0.122. The van der Waals surface area contributed by atoms with Crippen LogP contribution in [-0.4, -0.2) is 31.2 Å². The number of alkyl halides is 3. The van der Waals surface area contributed by atoms with Crippen LogP contribution in [0.3, 0.4) is 0 Å². The molecule has 1 aromatic carbocycles. The molecule has 1 atom stereocenters. The van der Waals surface area contributed by atoms with Gasteiger partial charge in [0, 0.05) is 6.54 Å². The summed E-state index contributed by atoms with van der Waals surface area (Å²) < 4.78 is 63.5. The third kappa shape index (κ3) is 3.25. The van der Waals surface area contributed by atoms with Crippen LogP contribution in [0.5, 0.6) is 0 Å². The third-order valence-electron chi connectivity index (χ3n) is 3.57. The van der Waals surface area contributed by atoms with Crippen LogP contribution in [0.1, 0.15) is 24.8 Å². The topological polar surface area (TPSA) is 80.5 Å². The van der Waals surface area contributed by atoms with Gasteiger partial charge in [-0.15, -0.1) is 0 Å². The lowest BCUT2D eigenvalue weighted by atomic mass is 10.0. The first kappa shape index (κ1) is 16.8. The molecule has 122 valence electrons. The molecule has 0 aromatic heterocycles. The summed E-state index contributed by atoms with van der Waals surface area (Å²) >= 11 is 0. The second-order valence-corrected chi connectivity index (χ2v) is 6.94. The lowest BCUT2D eigenvalue weighted by molar-refractivity contribution is -0.137. The highest BCUT2D eigenvalue weighted by Crippen LogP contribution is 2.31. The molecular weight excluding hydrogens is 321 g/mol. The Morgan fingerprint density at radius 1 is 1.18 bits per heavy atom. The fourth-order valence-electron chi connectivity index (χ4n) is 2.43. The number of primary amides is 1. The maximum atomic E-state index is 12.5. The van der Waals surface area contributed by atoms with E-state index in [1.54, 1.807) is 0 Å². The van der Waals surface area contributed by atoms with Crippen LogP contribution in [0.2, 0.25) is 0 Å². The number of hydrogen-bond donors (Lipinski definition) is 1. The van der Waals surface area contributed by atoms with Gasteiger partial charge in [-0.05, 0) is 37.1 Å². The Morgan fingerprint density at radius 3 is 2.27 bits per heavy atom. The molecule has 1 aliphatic heterocycles. The fraction of sp³-hybridized carbons (Fsp3) is 0.462. The van der Waals surface area contributed by atoms with Crippen molar-refractivity contribution >= 4 is 15.9 Å². The van der Waals surface area contributed by atoms with Gasteiger partial charge in [0.25, 0.3) is 0 Å². The van der Waals surface area contributed by atoms with Gasteiger partial charge < -0.3 is 5.73 Å². The molecule has 2 N–H and O–H groups in total. The van der Waals surface area contributed by atoms with Crippen molar-refractivity contribution in [3.05, 3.63) is 29.8 Å². The predicted octanol–water partition coefficient (Wildman–Crippen LogP) is 1.73. The highest BCUT2D eigenvalue weighted by Gasteiger charge is 2.37. The summed E-state index contributed by atoms with van der Waals surface area (Å²) in [6.45, 7) is 0.122. The minimum atomic E-state index is -4.54. The maximum Gasteiger partial charge on any atom is 0.416 e. The van der Waals surface area contributed by atoms with Gasteiger partial charge in [-0.25, -0.2) is 8.42 Å². The number of benzene rings is 1. The molecule has 1 aliphatic rings. The number of rotatable bonds is 3. The second kappa shape index (κ2) is 5.88. The third-order valence-corrected chi connectivity index (χ3v) is 5.49. The van der Waals surface area contributed by atoms with Crippen LogP contribution in [0.4, 0.5) is 13.2 Å². The molecule has 0 saturated carbocycles. The summed E-state index contributed by atoms with van der Waals surface area (Å²) in [7, 11) is -4.05. The van der Waals surface area contributed by atoms with E-state index in [0.717, 1.165) is 16.4 Å². The molecule has 5 nitrogen and oxygen atoms in total. The van der Waals surface area contributed by atoms with E-state index in [-0.39, 0.29) is 11.4 Å². The van der Waals surface area contributed by atoms with Crippen molar-refractivity contribution in [2.45, 2.75) is 36.4 Å². The van der Waals surface area contributed by atoms with Gasteiger partial charge in [0.1, 0.15) is 6.04 Å². The van der Waals surface area contributed by atoms with Crippen molar-refractivity contribution in [2.24, 2.45) is 5.73 Å². The first-order chi connectivity index (χ1) is 10.1. The molecule has 0 bridgehead atoms. The molecule has 1 amide bonds. The van der Waals surface area contributed by atoms with E-state index in [1.165, 1.54) is 0 Å². The Morgan fingerprint density at radius 2 is 1.77 bits per heavy atom. The Bertz CT molecular complexity index is 656. The van der Waals surface area contributed by atoms with Crippen LogP contribution in [0.25, 0.3) is 0 Å². The van der Waals surface area contributed by atoms with E-state index in [4.69, 9.17) is 5.73 Å². The molecule has 9 heteroatoms. The number of halogens is 3. The number of sulfonamides is 1. The lowest BCUT2D eigenvalue weighted by Crippen LogP contribution is -2.50. The Kier molecular flexibility index (Phi) is 4.48. The smallest absolute Gasteiger partial charge is 0.368 e. The van der Waals surface area contributed by atoms with Gasteiger partial charge in [0.05, 0.1) is 10.5 Å². The molecule has 0 aliphatic carbocycles.